The molecule has 5 rings (SSSR count). The van der Waals surface area contributed by atoms with Crippen molar-refractivity contribution in [3.8, 4) is 39.9 Å². The largest absolute Gasteiger partial charge is 0.416 e. The van der Waals surface area contributed by atoms with Gasteiger partial charge < -0.3 is 13.5 Å². The molecular formula is C22H17N5O2. The molecule has 0 aliphatic carbocycles. The van der Waals surface area contributed by atoms with Crippen LogP contribution in [-0.4, -0.2) is 24.9 Å². The van der Waals surface area contributed by atoms with E-state index in [0.717, 1.165) is 22.6 Å². The van der Waals surface area contributed by atoms with Crippen LogP contribution in [0.25, 0.3) is 39.9 Å². The third kappa shape index (κ3) is 3.02. The van der Waals surface area contributed by atoms with Crippen LogP contribution in [0.5, 0.6) is 0 Å². The number of hydrogen-bond acceptors (Lipinski definition) is 6. The van der Waals surface area contributed by atoms with Gasteiger partial charge in [-0.1, -0.05) is 35.5 Å². The highest BCUT2D eigenvalue weighted by atomic mass is 16.5. The molecule has 29 heavy (non-hydrogen) atoms. The number of hydrogen-bond donors (Lipinski definition) is 0. The van der Waals surface area contributed by atoms with E-state index in [-0.39, 0.29) is 0 Å². The summed E-state index contributed by atoms with van der Waals surface area (Å²) in [6.45, 7) is 3.80. The lowest BCUT2D eigenvalue weighted by atomic mass is 10.1. The van der Waals surface area contributed by atoms with Crippen molar-refractivity contribution in [1.29, 1.82) is 0 Å². The van der Waals surface area contributed by atoms with Gasteiger partial charge in [0.05, 0.1) is 0 Å². The summed E-state index contributed by atoms with van der Waals surface area (Å²) in [6, 6.07) is 17.7. The summed E-state index contributed by atoms with van der Waals surface area (Å²) >= 11 is 0. The molecule has 142 valence electrons. The van der Waals surface area contributed by atoms with Gasteiger partial charge in [-0.05, 0) is 38.1 Å². The Morgan fingerprint density at radius 1 is 0.828 bits per heavy atom. The van der Waals surface area contributed by atoms with Crippen molar-refractivity contribution >= 4 is 0 Å². The summed E-state index contributed by atoms with van der Waals surface area (Å²) in [5.74, 6) is 2.37. The first-order chi connectivity index (χ1) is 14.2. The van der Waals surface area contributed by atoms with E-state index in [1.54, 1.807) is 6.20 Å². The van der Waals surface area contributed by atoms with Crippen molar-refractivity contribution in [3.05, 3.63) is 78.6 Å². The van der Waals surface area contributed by atoms with Crippen LogP contribution in [0.4, 0.5) is 0 Å². The third-order valence-electron chi connectivity index (χ3n) is 4.77. The van der Waals surface area contributed by atoms with Crippen molar-refractivity contribution in [2.75, 3.05) is 0 Å². The summed E-state index contributed by atoms with van der Waals surface area (Å²) in [6.07, 6.45) is 3.70. The van der Waals surface area contributed by atoms with Crippen LogP contribution in [0.3, 0.4) is 0 Å². The topological polar surface area (TPSA) is 82.8 Å². The molecule has 0 bridgehead atoms. The average Bonchev–Trinajstić information content (AvgIpc) is 3.48. The molecule has 2 aromatic carbocycles. The molecule has 0 saturated carbocycles. The van der Waals surface area contributed by atoms with E-state index in [1.807, 2.05) is 79.2 Å². The minimum atomic E-state index is 0.382. The van der Waals surface area contributed by atoms with Crippen molar-refractivity contribution in [2.24, 2.45) is 0 Å². The second-order valence-electron chi connectivity index (χ2n) is 6.63. The number of aryl methyl sites for hydroxylation is 2. The van der Waals surface area contributed by atoms with Crippen LogP contribution in [-0.2, 0) is 0 Å². The molecular weight excluding hydrogens is 366 g/mol. The molecule has 0 amide bonds. The Morgan fingerprint density at radius 2 is 1.59 bits per heavy atom. The Balaban J connectivity index is 1.49. The zero-order valence-electron chi connectivity index (χ0n) is 15.9. The predicted octanol–water partition coefficient (Wildman–Crippen LogP) is 4.86. The number of nitrogens with zero attached hydrogens (tertiary/aromatic N) is 5. The fourth-order valence-corrected chi connectivity index (χ4v) is 3.27. The fourth-order valence-electron chi connectivity index (χ4n) is 3.27. The van der Waals surface area contributed by atoms with E-state index in [0.29, 0.717) is 28.8 Å². The van der Waals surface area contributed by atoms with E-state index in [1.165, 1.54) is 0 Å². The molecule has 0 atom stereocenters. The lowest BCUT2D eigenvalue weighted by Crippen LogP contribution is -1.94. The molecule has 0 radical (unpaired) electrons. The Kier molecular flexibility index (Phi) is 4.05. The maximum atomic E-state index is 5.97. The monoisotopic (exact) mass is 383 g/mol. The van der Waals surface area contributed by atoms with E-state index in [9.17, 15) is 0 Å². The first-order valence-electron chi connectivity index (χ1n) is 9.17. The van der Waals surface area contributed by atoms with E-state index in [2.05, 4.69) is 20.3 Å². The molecule has 3 aromatic heterocycles. The summed E-state index contributed by atoms with van der Waals surface area (Å²) < 4.78 is 13.4. The highest BCUT2D eigenvalue weighted by molar-refractivity contribution is 5.78. The van der Waals surface area contributed by atoms with Gasteiger partial charge >= 0.3 is 0 Å². The zero-order chi connectivity index (χ0) is 19.8. The molecule has 0 aliphatic rings. The predicted molar refractivity (Wildman–Crippen MR) is 107 cm³/mol. The van der Waals surface area contributed by atoms with Gasteiger partial charge in [-0.3, -0.25) is 0 Å². The Bertz CT molecular complexity index is 1270. The van der Waals surface area contributed by atoms with Gasteiger partial charge in [-0.25, -0.2) is 4.98 Å². The smallest absolute Gasteiger partial charge is 0.254 e. The SMILES string of the molecule is Cc1onc(-c2ccccc2)c1-c1nnc(-c2ccc(-n3ccnc3C)cc2)o1. The fraction of sp³-hybridized carbons (Fsp3) is 0.0909. The molecule has 7 heteroatoms. The quantitative estimate of drug-likeness (QED) is 0.441. The molecule has 0 saturated heterocycles. The van der Waals surface area contributed by atoms with Crippen LogP contribution < -0.4 is 0 Å². The highest BCUT2D eigenvalue weighted by Crippen LogP contribution is 2.34. The van der Waals surface area contributed by atoms with Crippen molar-refractivity contribution in [2.45, 2.75) is 13.8 Å². The number of rotatable bonds is 4. The third-order valence-corrected chi connectivity index (χ3v) is 4.77. The summed E-state index contributed by atoms with van der Waals surface area (Å²) in [7, 11) is 0. The lowest BCUT2D eigenvalue weighted by molar-refractivity contribution is 0.399. The highest BCUT2D eigenvalue weighted by Gasteiger charge is 2.22. The molecule has 5 aromatic rings. The van der Waals surface area contributed by atoms with Crippen molar-refractivity contribution < 1.29 is 8.94 Å². The molecule has 0 N–H and O–H groups in total. The second-order valence-corrected chi connectivity index (χ2v) is 6.63. The first kappa shape index (κ1) is 17.1. The van der Waals surface area contributed by atoms with E-state index in [4.69, 9.17) is 8.94 Å². The molecule has 0 spiro atoms. The van der Waals surface area contributed by atoms with Gasteiger partial charge in [0, 0.05) is 29.2 Å². The molecule has 7 nitrogen and oxygen atoms in total. The Labute approximate surface area is 166 Å². The van der Waals surface area contributed by atoms with E-state index >= 15 is 0 Å². The number of imidazole rings is 1. The Hall–Kier alpha value is -4.00. The second kappa shape index (κ2) is 6.87. The average molecular weight is 383 g/mol. The van der Waals surface area contributed by atoms with Gasteiger partial charge in [0.2, 0.25) is 5.89 Å². The molecule has 0 unspecified atom stereocenters. The number of benzene rings is 2. The van der Waals surface area contributed by atoms with Crippen LogP contribution in [0.2, 0.25) is 0 Å². The van der Waals surface area contributed by atoms with Gasteiger partial charge in [0.25, 0.3) is 5.89 Å². The first-order valence-corrected chi connectivity index (χ1v) is 9.17. The number of aromatic nitrogens is 5. The normalized spacial score (nSPS) is 11.1. The lowest BCUT2D eigenvalue weighted by Gasteiger charge is -2.05. The minimum absolute atomic E-state index is 0.382. The Morgan fingerprint density at radius 3 is 2.31 bits per heavy atom. The van der Waals surface area contributed by atoms with Crippen LogP contribution in [0, 0.1) is 13.8 Å². The summed E-state index contributed by atoms with van der Waals surface area (Å²) in [5, 5.41) is 12.6. The van der Waals surface area contributed by atoms with Crippen LogP contribution in [0.1, 0.15) is 11.6 Å². The molecule has 0 fully saturated rings. The van der Waals surface area contributed by atoms with Crippen molar-refractivity contribution in [1.82, 2.24) is 24.9 Å². The van der Waals surface area contributed by atoms with Crippen molar-refractivity contribution in [3.63, 3.8) is 0 Å². The molecule has 0 aliphatic heterocycles. The van der Waals surface area contributed by atoms with Gasteiger partial charge in [0.1, 0.15) is 22.8 Å². The molecule has 3 heterocycles. The maximum Gasteiger partial charge on any atom is 0.254 e. The van der Waals surface area contributed by atoms with Gasteiger partial charge in [-0.15, -0.1) is 10.2 Å². The standard InChI is InChI=1S/C22H17N5O2/c1-14-19(20(26-29-14)16-6-4-3-5-7-16)22-25-24-21(28-22)17-8-10-18(11-9-17)27-13-12-23-15(27)2/h3-13H,1-2H3. The maximum absolute atomic E-state index is 5.97. The van der Waals surface area contributed by atoms with Crippen LogP contribution in [0.15, 0.2) is 75.9 Å². The van der Waals surface area contributed by atoms with E-state index < -0.39 is 0 Å². The minimum Gasteiger partial charge on any atom is -0.416 e. The summed E-state index contributed by atoms with van der Waals surface area (Å²) in [4.78, 5) is 4.25. The zero-order valence-corrected chi connectivity index (χ0v) is 15.9. The summed E-state index contributed by atoms with van der Waals surface area (Å²) in [5.41, 5.74) is 4.18. The van der Waals surface area contributed by atoms with Crippen LogP contribution >= 0.6 is 0 Å². The van der Waals surface area contributed by atoms with Gasteiger partial charge in [0.15, 0.2) is 0 Å². The van der Waals surface area contributed by atoms with Gasteiger partial charge in [-0.2, -0.15) is 0 Å².